The van der Waals surface area contributed by atoms with Crippen molar-refractivity contribution in [2.45, 2.75) is 269 Å². The molecule has 52 heavy (non-hydrogen) atoms. The number of aliphatic hydroxyl groups is 4. The Morgan fingerprint density at radius 3 is 1.15 bits per heavy atom. The third-order valence-electron chi connectivity index (χ3n) is 11.0. The first-order valence-electron chi connectivity index (χ1n) is 23.1. The largest absolute Gasteiger partial charge is 0.394 e. The topological polar surface area (TPSA) is 110 Å². The molecule has 5 N–H and O–H groups in total. The van der Waals surface area contributed by atoms with E-state index in [1.165, 1.54) is 180 Å². The van der Waals surface area contributed by atoms with E-state index in [1.54, 1.807) is 0 Å². The highest BCUT2D eigenvalue weighted by Crippen LogP contribution is 2.17. The minimum Gasteiger partial charge on any atom is -0.394 e. The molecule has 0 spiro atoms. The summed E-state index contributed by atoms with van der Waals surface area (Å²) in [6.07, 6.45) is 45.4. The van der Waals surface area contributed by atoms with Crippen LogP contribution in [0.5, 0.6) is 0 Å². The Kier molecular flexibility index (Phi) is 40.5. The standard InChI is InChI=1S/C46H91NO5/c1-3-5-7-9-11-13-15-17-19-20-21-22-23-24-25-26-28-30-32-34-36-38-40-44(50)46(52)47-42(41-48)45(51)43(49)39-37-35-33-31-29-27-18-16-14-12-10-8-6-4-2/h31,33,42-45,48-51H,3-30,32,34-41H2,1-2H3,(H,47,52)/b33-31+. The number of unbranched alkanes of at least 4 members (excludes halogenated alkanes) is 31. The summed E-state index contributed by atoms with van der Waals surface area (Å²) in [5.74, 6) is -0.590. The molecule has 0 aromatic carbocycles. The SMILES string of the molecule is CCCCCCCCCCC/C=C/CCCC(O)C(O)C(CO)NC(=O)C(O)CCCCCCCCCCCCCCCCCCCCCCCC. The maximum Gasteiger partial charge on any atom is 0.249 e. The summed E-state index contributed by atoms with van der Waals surface area (Å²) < 4.78 is 0. The number of carbonyl (C=O) groups excluding carboxylic acids is 1. The van der Waals surface area contributed by atoms with Crippen LogP contribution < -0.4 is 5.32 Å². The van der Waals surface area contributed by atoms with Gasteiger partial charge in [-0.1, -0.05) is 219 Å². The van der Waals surface area contributed by atoms with Gasteiger partial charge in [0.25, 0.3) is 0 Å². The van der Waals surface area contributed by atoms with Crippen molar-refractivity contribution >= 4 is 5.91 Å². The van der Waals surface area contributed by atoms with Gasteiger partial charge in [-0.3, -0.25) is 4.79 Å². The van der Waals surface area contributed by atoms with Crippen molar-refractivity contribution in [1.29, 1.82) is 0 Å². The Balaban J connectivity index is 3.69. The smallest absolute Gasteiger partial charge is 0.249 e. The average Bonchev–Trinajstić information content (AvgIpc) is 3.15. The van der Waals surface area contributed by atoms with Gasteiger partial charge in [-0.15, -0.1) is 0 Å². The van der Waals surface area contributed by atoms with Gasteiger partial charge in [-0.2, -0.15) is 0 Å². The molecule has 0 fully saturated rings. The first-order chi connectivity index (χ1) is 25.5. The molecular weight excluding hydrogens is 647 g/mol. The summed E-state index contributed by atoms with van der Waals surface area (Å²) in [5, 5.41) is 43.7. The lowest BCUT2D eigenvalue weighted by Crippen LogP contribution is -2.53. The lowest BCUT2D eigenvalue weighted by Gasteiger charge is -2.27. The zero-order chi connectivity index (χ0) is 38.2. The van der Waals surface area contributed by atoms with Crippen LogP contribution in [0.1, 0.15) is 245 Å². The van der Waals surface area contributed by atoms with Crippen LogP contribution in [-0.4, -0.2) is 57.3 Å². The van der Waals surface area contributed by atoms with Crippen LogP contribution in [0, 0.1) is 0 Å². The lowest BCUT2D eigenvalue weighted by atomic mass is 10.00. The van der Waals surface area contributed by atoms with E-state index < -0.39 is 36.9 Å². The second-order valence-corrected chi connectivity index (χ2v) is 16.1. The molecule has 6 nitrogen and oxygen atoms in total. The summed E-state index contributed by atoms with van der Waals surface area (Å²) in [4.78, 5) is 12.5. The van der Waals surface area contributed by atoms with Crippen molar-refractivity contribution in [2.75, 3.05) is 6.61 Å². The van der Waals surface area contributed by atoms with Crippen LogP contribution in [0.4, 0.5) is 0 Å². The fourth-order valence-corrected chi connectivity index (χ4v) is 7.29. The summed E-state index contributed by atoms with van der Waals surface area (Å²) in [6, 6.07) is -0.996. The first kappa shape index (κ1) is 51.0. The molecule has 0 saturated carbocycles. The Morgan fingerprint density at radius 2 is 0.788 bits per heavy atom. The molecular formula is C46H91NO5. The second-order valence-electron chi connectivity index (χ2n) is 16.1. The summed E-state index contributed by atoms with van der Waals surface area (Å²) in [5.41, 5.74) is 0. The van der Waals surface area contributed by atoms with Crippen molar-refractivity contribution in [2.24, 2.45) is 0 Å². The van der Waals surface area contributed by atoms with Gasteiger partial charge >= 0.3 is 0 Å². The van der Waals surface area contributed by atoms with Crippen LogP contribution in [-0.2, 0) is 4.79 Å². The summed E-state index contributed by atoms with van der Waals surface area (Å²) in [7, 11) is 0. The first-order valence-corrected chi connectivity index (χ1v) is 23.1. The van der Waals surface area contributed by atoms with Crippen molar-refractivity contribution in [1.82, 2.24) is 5.32 Å². The fourth-order valence-electron chi connectivity index (χ4n) is 7.29. The number of rotatable bonds is 42. The van der Waals surface area contributed by atoms with Gasteiger partial charge in [0.05, 0.1) is 18.8 Å². The molecule has 0 rings (SSSR count). The number of nitrogens with one attached hydrogen (secondary N) is 1. The zero-order valence-corrected chi connectivity index (χ0v) is 34.8. The Labute approximate surface area is 323 Å². The maximum atomic E-state index is 12.5. The van der Waals surface area contributed by atoms with E-state index in [1.807, 2.05) is 0 Å². The maximum absolute atomic E-state index is 12.5. The van der Waals surface area contributed by atoms with Crippen LogP contribution in [0.15, 0.2) is 12.2 Å². The second kappa shape index (κ2) is 41.2. The predicted molar refractivity (Wildman–Crippen MR) is 224 cm³/mol. The van der Waals surface area contributed by atoms with Crippen molar-refractivity contribution in [3.63, 3.8) is 0 Å². The zero-order valence-electron chi connectivity index (χ0n) is 34.8. The molecule has 0 aromatic rings. The normalized spacial score (nSPS) is 14.2. The third-order valence-corrected chi connectivity index (χ3v) is 11.0. The molecule has 0 saturated heterocycles. The van der Waals surface area contributed by atoms with Gasteiger partial charge in [0.15, 0.2) is 0 Å². The van der Waals surface area contributed by atoms with E-state index in [4.69, 9.17) is 0 Å². The average molecular weight is 738 g/mol. The van der Waals surface area contributed by atoms with E-state index in [2.05, 4.69) is 31.3 Å². The highest BCUT2D eigenvalue weighted by Gasteiger charge is 2.28. The lowest BCUT2D eigenvalue weighted by molar-refractivity contribution is -0.132. The molecule has 4 atom stereocenters. The van der Waals surface area contributed by atoms with Gasteiger partial charge in [0.2, 0.25) is 5.91 Å². The van der Waals surface area contributed by atoms with Crippen molar-refractivity contribution < 1.29 is 25.2 Å². The van der Waals surface area contributed by atoms with E-state index >= 15 is 0 Å². The van der Waals surface area contributed by atoms with Crippen LogP contribution in [0.2, 0.25) is 0 Å². The number of aliphatic hydroxyl groups excluding tert-OH is 4. The molecule has 0 bridgehead atoms. The highest BCUT2D eigenvalue weighted by atomic mass is 16.3. The minimum absolute atomic E-state index is 0.368. The molecule has 0 aliphatic carbocycles. The number of hydrogen-bond acceptors (Lipinski definition) is 5. The van der Waals surface area contributed by atoms with Crippen LogP contribution >= 0.6 is 0 Å². The van der Waals surface area contributed by atoms with Crippen molar-refractivity contribution in [3.8, 4) is 0 Å². The molecule has 0 aromatic heterocycles. The van der Waals surface area contributed by atoms with Crippen LogP contribution in [0.3, 0.4) is 0 Å². The van der Waals surface area contributed by atoms with Crippen molar-refractivity contribution in [3.05, 3.63) is 12.2 Å². The molecule has 4 unspecified atom stereocenters. The Morgan fingerprint density at radius 1 is 0.462 bits per heavy atom. The van der Waals surface area contributed by atoms with Gasteiger partial charge in [-0.25, -0.2) is 0 Å². The molecule has 0 aliphatic heterocycles. The number of hydrogen-bond donors (Lipinski definition) is 5. The van der Waals surface area contributed by atoms with E-state index in [0.29, 0.717) is 12.8 Å². The molecule has 0 heterocycles. The number of allylic oxidation sites excluding steroid dienone is 2. The molecule has 0 aliphatic rings. The monoisotopic (exact) mass is 738 g/mol. The van der Waals surface area contributed by atoms with Gasteiger partial charge in [-0.05, 0) is 38.5 Å². The Hall–Kier alpha value is -0.950. The van der Waals surface area contributed by atoms with E-state index in [-0.39, 0.29) is 0 Å². The highest BCUT2D eigenvalue weighted by molar-refractivity contribution is 5.80. The van der Waals surface area contributed by atoms with E-state index in [9.17, 15) is 25.2 Å². The van der Waals surface area contributed by atoms with Gasteiger partial charge in [0.1, 0.15) is 12.2 Å². The van der Waals surface area contributed by atoms with Gasteiger partial charge in [0, 0.05) is 0 Å². The number of carbonyl (C=O) groups is 1. The predicted octanol–water partition coefficient (Wildman–Crippen LogP) is 12.2. The fraction of sp³-hybridized carbons (Fsp3) is 0.935. The van der Waals surface area contributed by atoms with Crippen LogP contribution in [0.25, 0.3) is 0 Å². The molecule has 6 heteroatoms. The molecule has 1 amide bonds. The minimum atomic E-state index is -1.28. The van der Waals surface area contributed by atoms with Gasteiger partial charge < -0.3 is 25.7 Å². The summed E-state index contributed by atoms with van der Waals surface area (Å²) >= 11 is 0. The third kappa shape index (κ3) is 34.8. The Bertz CT molecular complexity index is 746. The summed E-state index contributed by atoms with van der Waals surface area (Å²) in [6.45, 7) is 4.05. The molecule has 0 radical (unpaired) electrons. The quantitative estimate of drug-likeness (QED) is 0.0316. The number of amides is 1. The molecule has 310 valence electrons. The van der Waals surface area contributed by atoms with E-state index in [0.717, 1.165) is 38.5 Å².